The standard InChI is InChI=1S/C33H31F5N2/c34-27-26(28(35)30(37)31(38)29(27)36)25(21-1-3-23(39-21)32-9-15-5-17(11-32)18(6-15)12-32)22-2-4-24(40-22)33-10-16-7-19(13-33)20(8-16)14-33/h1-4,15-20,39H,5-14H2/b25-22+. The van der Waals surface area contributed by atoms with Gasteiger partial charge in [0.1, 0.15) is 0 Å². The number of rotatable bonds is 4. The fourth-order valence-corrected chi connectivity index (χ4v) is 11.1. The molecule has 8 aliphatic carbocycles. The molecule has 4 atom stereocenters. The van der Waals surface area contributed by atoms with Crippen LogP contribution in [0.3, 0.4) is 0 Å². The second kappa shape index (κ2) is 7.77. The number of hydrogen-bond donors (Lipinski definition) is 1. The number of allylic oxidation sites excluding steroid dienone is 2. The SMILES string of the molecule is Fc1c(F)c(F)c(/C(=C2\C=CC(C34CC5CC(C3)C(C5)C4)=N2)c2ccc(C34CC5CC(C3)C(C5)C4)[nH]2)c(F)c1F. The molecule has 4 unspecified atom stereocenters. The molecule has 0 spiro atoms. The fraction of sp³-hybridized carbons (Fsp3) is 0.545. The molecule has 208 valence electrons. The van der Waals surface area contributed by atoms with Gasteiger partial charge in [0, 0.05) is 33.5 Å². The van der Waals surface area contributed by atoms with Crippen LogP contribution >= 0.6 is 0 Å². The molecule has 1 aromatic heterocycles. The number of aliphatic imine (C=N–C) groups is 1. The smallest absolute Gasteiger partial charge is 0.200 e. The van der Waals surface area contributed by atoms with E-state index in [0.717, 1.165) is 61.8 Å². The van der Waals surface area contributed by atoms with Crippen molar-refractivity contribution in [2.24, 2.45) is 45.9 Å². The number of nitrogens with one attached hydrogen (secondary N) is 1. The molecule has 0 radical (unpaired) electrons. The zero-order valence-corrected chi connectivity index (χ0v) is 22.2. The van der Waals surface area contributed by atoms with Gasteiger partial charge in [0.15, 0.2) is 23.3 Å². The van der Waals surface area contributed by atoms with E-state index < -0.39 is 34.6 Å². The average Bonchev–Trinajstić information content (AvgIpc) is 3.77. The molecule has 11 rings (SSSR count). The highest BCUT2D eigenvalue weighted by atomic mass is 19.2. The van der Waals surface area contributed by atoms with E-state index in [4.69, 9.17) is 4.99 Å². The zero-order valence-electron chi connectivity index (χ0n) is 22.2. The second-order valence-corrected chi connectivity index (χ2v) is 14.3. The first-order chi connectivity index (χ1) is 19.2. The maximum absolute atomic E-state index is 15.4. The van der Waals surface area contributed by atoms with Crippen LogP contribution in [0.25, 0.3) is 5.57 Å². The summed E-state index contributed by atoms with van der Waals surface area (Å²) in [5, 5.41) is 0. The zero-order chi connectivity index (χ0) is 27.1. The van der Waals surface area contributed by atoms with Crippen LogP contribution in [0.4, 0.5) is 22.0 Å². The molecule has 1 N–H and O–H groups in total. The Morgan fingerprint density at radius 3 is 1.75 bits per heavy atom. The minimum Gasteiger partial charge on any atom is -0.358 e. The number of aromatic nitrogens is 1. The van der Waals surface area contributed by atoms with Crippen molar-refractivity contribution >= 4 is 11.3 Å². The molecule has 2 heterocycles. The highest BCUT2D eigenvalue weighted by Crippen LogP contribution is 2.66. The molecule has 8 fully saturated rings. The lowest BCUT2D eigenvalue weighted by atomic mass is 9.67. The van der Waals surface area contributed by atoms with Gasteiger partial charge in [0.05, 0.1) is 11.3 Å². The number of aromatic amines is 1. The van der Waals surface area contributed by atoms with E-state index in [9.17, 15) is 13.2 Å². The van der Waals surface area contributed by atoms with E-state index in [-0.39, 0.29) is 22.1 Å². The largest absolute Gasteiger partial charge is 0.358 e. The van der Waals surface area contributed by atoms with Crippen LogP contribution < -0.4 is 0 Å². The number of hydrogen-bond acceptors (Lipinski definition) is 1. The van der Waals surface area contributed by atoms with E-state index in [1.807, 2.05) is 12.1 Å². The summed E-state index contributed by atoms with van der Waals surface area (Å²) < 4.78 is 73.9. The third kappa shape index (κ3) is 3.02. The predicted octanol–water partition coefficient (Wildman–Crippen LogP) is 8.38. The van der Waals surface area contributed by atoms with Crippen LogP contribution in [0, 0.1) is 70.0 Å². The summed E-state index contributed by atoms with van der Waals surface area (Å²) in [6.07, 6.45) is 15.2. The van der Waals surface area contributed by atoms with Crippen LogP contribution in [0.2, 0.25) is 0 Å². The van der Waals surface area contributed by atoms with Gasteiger partial charge < -0.3 is 4.98 Å². The molecule has 8 bridgehead atoms. The first-order valence-electron chi connectivity index (χ1n) is 15.0. The molecule has 7 heteroatoms. The summed E-state index contributed by atoms with van der Waals surface area (Å²) in [6, 6.07) is 3.71. The summed E-state index contributed by atoms with van der Waals surface area (Å²) in [4.78, 5) is 8.37. The molecular formula is C33H31F5N2. The molecule has 0 amide bonds. The maximum Gasteiger partial charge on any atom is 0.200 e. The van der Waals surface area contributed by atoms with Crippen molar-refractivity contribution in [3.63, 3.8) is 0 Å². The van der Waals surface area contributed by atoms with Crippen LogP contribution in [0.1, 0.15) is 81.2 Å². The number of halogens is 5. The summed E-state index contributed by atoms with van der Waals surface area (Å²) in [7, 11) is 0. The topological polar surface area (TPSA) is 28.1 Å². The quantitative estimate of drug-likeness (QED) is 0.225. The van der Waals surface area contributed by atoms with Gasteiger partial charge in [-0.1, -0.05) is 0 Å². The summed E-state index contributed by atoms with van der Waals surface area (Å²) in [5.41, 5.74) is 1.53. The predicted molar refractivity (Wildman–Crippen MR) is 141 cm³/mol. The van der Waals surface area contributed by atoms with E-state index in [2.05, 4.69) is 4.98 Å². The molecule has 1 aliphatic heterocycles. The van der Waals surface area contributed by atoms with Crippen LogP contribution in [0.15, 0.2) is 35.0 Å². The van der Waals surface area contributed by atoms with E-state index in [1.54, 1.807) is 12.1 Å². The Bertz CT molecular complexity index is 1510. The van der Waals surface area contributed by atoms with Crippen molar-refractivity contribution in [1.82, 2.24) is 4.98 Å². The molecule has 2 aromatic rings. The Morgan fingerprint density at radius 2 is 1.18 bits per heavy atom. The average molecular weight is 551 g/mol. The van der Waals surface area contributed by atoms with Crippen molar-refractivity contribution in [2.45, 2.75) is 69.6 Å². The monoisotopic (exact) mass is 550 g/mol. The Morgan fingerprint density at radius 1 is 0.650 bits per heavy atom. The first kappa shape index (κ1) is 24.0. The van der Waals surface area contributed by atoms with Crippen molar-refractivity contribution in [1.29, 1.82) is 0 Å². The van der Waals surface area contributed by atoms with Gasteiger partial charge in [-0.3, -0.25) is 4.99 Å². The van der Waals surface area contributed by atoms with Gasteiger partial charge in [-0.25, -0.2) is 22.0 Å². The summed E-state index contributed by atoms with van der Waals surface area (Å²) >= 11 is 0. The maximum atomic E-state index is 15.4. The van der Waals surface area contributed by atoms with E-state index in [0.29, 0.717) is 29.4 Å². The Kier molecular flexibility index (Phi) is 4.65. The minimum absolute atomic E-state index is 0.00179. The molecule has 1 aromatic carbocycles. The lowest BCUT2D eigenvalue weighted by molar-refractivity contribution is 0.222. The third-order valence-corrected chi connectivity index (χ3v) is 12.3. The van der Waals surface area contributed by atoms with E-state index in [1.165, 1.54) is 25.7 Å². The molecule has 0 saturated heterocycles. The molecular weight excluding hydrogens is 519 g/mol. The number of H-pyrrole nitrogens is 1. The van der Waals surface area contributed by atoms with Crippen molar-refractivity contribution in [3.05, 3.63) is 76.0 Å². The van der Waals surface area contributed by atoms with Gasteiger partial charge in [-0.2, -0.15) is 0 Å². The Labute approximate surface area is 229 Å². The van der Waals surface area contributed by atoms with Crippen LogP contribution in [-0.4, -0.2) is 10.7 Å². The highest BCUT2D eigenvalue weighted by molar-refractivity contribution is 6.05. The Balaban J connectivity index is 1.20. The summed E-state index contributed by atoms with van der Waals surface area (Å²) in [6.45, 7) is 0. The van der Waals surface area contributed by atoms with Crippen LogP contribution in [-0.2, 0) is 5.41 Å². The van der Waals surface area contributed by atoms with E-state index >= 15 is 8.78 Å². The Hall–Kier alpha value is -2.70. The van der Waals surface area contributed by atoms with Crippen molar-refractivity contribution in [2.75, 3.05) is 0 Å². The van der Waals surface area contributed by atoms with Gasteiger partial charge in [-0.05, 0) is 124 Å². The minimum atomic E-state index is -2.14. The van der Waals surface area contributed by atoms with Gasteiger partial charge >= 0.3 is 0 Å². The normalized spacial score (nSPS) is 41.2. The molecule has 9 aliphatic rings. The highest BCUT2D eigenvalue weighted by Gasteiger charge is 2.58. The van der Waals surface area contributed by atoms with Crippen LogP contribution in [0.5, 0.6) is 0 Å². The number of benzene rings is 1. The van der Waals surface area contributed by atoms with Crippen molar-refractivity contribution in [3.8, 4) is 0 Å². The van der Waals surface area contributed by atoms with Crippen molar-refractivity contribution < 1.29 is 22.0 Å². The lowest BCUT2D eigenvalue weighted by Crippen LogP contribution is -2.33. The molecule has 2 nitrogen and oxygen atoms in total. The first-order valence-corrected chi connectivity index (χ1v) is 15.0. The van der Waals surface area contributed by atoms with Gasteiger partial charge in [0.2, 0.25) is 5.82 Å². The molecule has 40 heavy (non-hydrogen) atoms. The number of nitrogens with zero attached hydrogens (tertiary/aromatic N) is 1. The lowest BCUT2D eigenvalue weighted by Gasteiger charge is -2.38. The van der Waals surface area contributed by atoms with Gasteiger partial charge in [0.25, 0.3) is 0 Å². The fourth-order valence-electron chi connectivity index (χ4n) is 11.1. The third-order valence-electron chi connectivity index (χ3n) is 12.3. The summed E-state index contributed by atoms with van der Waals surface area (Å²) in [5.74, 6) is -5.38. The van der Waals surface area contributed by atoms with Gasteiger partial charge in [-0.15, -0.1) is 0 Å². The second-order valence-electron chi connectivity index (χ2n) is 14.3. The molecule has 8 saturated carbocycles.